The van der Waals surface area contributed by atoms with Crippen LogP contribution in [0.1, 0.15) is 84.5 Å². The van der Waals surface area contributed by atoms with E-state index in [2.05, 4.69) is 19.2 Å². The number of rotatable bonds is 9. The Hall–Kier alpha value is -0.530. The Bertz CT molecular complexity index is 221. The molecule has 0 aliphatic heterocycles. The van der Waals surface area contributed by atoms with E-state index in [-0.39, 0.29) is 5.92 Å². The van der Waals surface area contributed by atoms with Crippen LogP contribution >= 0.6 is 0 Å². The Kier molecular flexibility index (Phi) is 8.11. The van der Waals surface area contributed by atoms with Gasteiger partial charge in [0.05, 0.1) is 0 Å². The first-order valence-corrected chi connectivity index (χ1v) is 8.08. The SMILES string of the molecule is CCCCCCCC(CC)C(=O)NC1CCCC1. The van der Waals surface area contributed by atoms with Gasteiger partial charge in [0, 0.05) is 12.0 Å². The van der Waals surface area contributed by atoms with Gasteiger partial charge in [-0.2, -0.15) is 0 Å². The van der Waals surface area contributed by atoms with Crippen LogP contribution in [0.4, 0.5) is 0 Å². The van der Waals surface area contributed by atoms with Gasteiger partial charge in [0.25, 0.3) is 0 Å². The summed E-state index contributed by atoms with van der Waals surface area (Å²) in [5.41, 5.74) is 0. The molecule has 1 atom stereocenters. The van der Waals surface area contributed by atoms with Crippen LogP contribution in [0.5, 0.6) is 0 Å². The highest BCUT2D eigenvalue weighted by Crippen LogP contribution is 2.20. The average Bonchev–Trinajstić information content (AvgIpc) is 2.86. The molecule has 1 amide bonds. The molecule has 1 saturated carbocycles. The van der Waals surface area contributed by atoms with E-state index in [1.165, 1.54) is 57.8 Å². The third kappa shape index (κ3) is 5.88. The smallest absolute Gasteiger partial charge is 0.223 e. The first kappa shape index (κ1) is 15.5. The van der Waals surface area contributed by atoms with Gasteiger partial charge in [-0.3, -0.25) is 4.79 Å². The molecule has 106 valence electrons. The standard InChI is InChI=1S/C16H31NO/c1-3-5-6-7-8-11-14(4-2)16(18)17-15-12-9-10-13-15/h14-15H,3-13H2,1-2H3,(H,17,18). The largest absolute Gasteiger partial charge is 0.353 e. The highest BCUT2D eigenvalue weighted by molar-refractivity contribution is 5.78. The quantitative estimate of drug-likeness (QED) is 0.605. The van der Waals surface area contributed by atoms with Gasteiger partial charge in [0.15, 0.2) is 0 Å². The van der Waals surface area contributed by atoms with Gasteiger partial charge < -0.3 is 5.32 Å². The maximum atomic E-state index is 12.1. The Labute approximate surface area is 113 Å². The zero-order chi connectivity index (χ0) is 13.2. The molecule has 0 aromatic rings. The molecule has 1 fully saturated rings. The van der Waals surface area contributed by atoms with Crippen molar-refractivity contribution in [1.82, 2.24) is 5.32 Å². The Morgan fingerprint density at radius 2 is 1.78 bits per heavy atom. The molecule has 0 spiro atoms. The fourth-order valence-electron chi connectivity index (χ4n) is 2.90. The molecule has 0 aromatic heterocycles. The summed E-state index contributed by atoms with van der Waals surface area (Å²) in [7, 11) is 0. The number of amides is 1. The summed E-state index contributed by atoms with van der Waals surface area (Å²) >= 11 is 0. The molecular formula is C16H31NO. The van der Waals surface area contributed by atoms with E-state index in [0.717, 1.165) is 12.8 Å². The second-order valence-corrected chi connectivity index (χ2v) is 5.80. The molecule has 0 aromatic carbocycles. The van der Waals surface area contributed by atoms with Gasteiger partial charge in [0.1, 0.15) is 0 Å². The summed E-state index contributed by atoms with van der Waals surface area (Å²) in [6.07, 6.45) is 13.5. The van der Waals surface area contributed by atoms with E-state index in [1.54, 1.807) is 0 Å². The number of carbonyl (C=O) groups excluding carboxylic acids is 1. The van der Waals surface area contributed by atoms with E-state index in [4.69, 9.17) is 0 Å². The molecule has 1 aliphatic carbocycles. The molecule has 1 rings (SSSR count). The number of nitrogens with one attached hydrogen (secondary N) is 1. The second-order valence-electron chi connectivity index (χ2n) is 5.80. The van der Waals surface area contributed by atoms with E-state index < -0.39 is 0 Å². The summed E-state index contributed by atoms with van der Waals surface area (Å²) in [4.78, 5) is 12.1. The summed E-state index contributed by atoms with van der Waals surface area (Å²) in [6.45, 7) is 4.38. The van der Waals surface area contributed by atoms with Gasteiger partial charge in [-0.05, 0) is 25.7 Å². The molecule has 0 saturated heterocycles. The summed E-state index contributed by atoms with van der Waals surface area (Å²) in [5.74, 6) is 0.576. The number of hydrogen-bond acceptors (Lipinski definition) is 1. The summed E-state index contributed by atoms with van der Waals surface area (Å²) in [6, 6.07) is 0.478. The van der Waals surface area contributed by atoms with Crippen LogP contribution in [0.2, 0.25) is 0 Å². The second kappa shape index (κ2) is 9.41. The van der Waals surface area contributed by atoms with Crippen LogP contribution < -0.4 is 5.32 Å². The van der Waals surface area contributed by atoms with Crippen molar-refractivity contribution in [2.45, 2.75) is 90.5 Å². The van der Waals surface area contributed by atoms with E-state index in [0.29, 0.717) is 11.9 Å². The van der Waals surface area contributed by atoms with Gasteiger partial charge in [-0.25, -0.2) is 0 Å². The zero-order valence-electron chi connectivity index (χ0n) is 12.3. The lowest BCUT2D eigenvalue weighted by molar-refractivity contribution is -0.126. The molecule has 0 radical (unpaired) electrons. The molecule has 1 N–H and O–H groups in total. The minimum absolute atomic E-state index is 0.257. The van der Waals surface area contributed by atoms with Crippen molar-refractivity contribution in [2.24, 2.45) is 5.92 Å². The van der Waals surface area contributed by atoms with Crippen molar-refractivity contribution < 1.29 is 4.79 Å². The van der Waals surface area contributed by atoms with Crippen LogP contribution in [-0.2, 0) is 4.79 Å². The minimum Gasteiger partial charge on any atom is -0.353 e. The molecule has 1 aliphatic rings. The van der Waals surface area contributed by atoms with Crippen LogP contribution in [0.15, 0.2) is 0 Å². The maximum absolute atomic E-state index is 12.1. The molecule has 2 heteroatoms. The van der Waals surface area contributed by atoms with Gasteiger partial charge in [-0.1, -0.05) is 58.8 Å². The third-order valence-corrected chi connectivity index (χ3v) is 4.22. The Balaban J connectivity index is 2.15. The molecule has 0 heterocycles. The van der Waals surface area contributed by atoms with Crippen molar-refractivity contribution >= 4 is 5.91 Å². The summed E-state index contributed by atoms with van der Waals surface area (Å²) < 4.78 is 0. The highest BCUT2D eigenvalue weighted by Gasteiger charge is 2.21. The molecule has 0 bridgehead atoms. The van der Waals surface area contributed by atoms with Crippen LogP contribution in [0, 0.1) is 5.92 Å². The lowest BCUT2D eigenvalue weighted by Gasteiger charge is -2.18. The zero-order valence-corrected chi connectivity index (χ0v) is 12.3. The Morgan fingerprint density at radius 1 is 1.11 bits per heavy atom. The van der Waals surface area contributed by atoms with Gasteiger partial charge in [0.2, 0.25) is 5.91 Å². The third-order valence-electron chi connectivity index (χ3n) is 4.22. The molecule has 18 heavy (non-hydrogen) atoms. The first-order valence-electron chi connectivity index (χ1n) is 8.08. The number of hydrogen-bond donors (Lipinski definition) is 1. The average molecular weight is 253 g/mol. The lowest BCUT2D eigenvalue weighted by atomic mass is 9.96. The van der Waals surface area contributed by atoms with Gasteiger partial charge in [-0.15, -0.1) is 0 Å². The predicted octanol–water partition coefficient (Wildman–Crippen LogP) is 4.43. The van der Waals surface area contributed by atoms with Crippen LogP contribution in [-0.4, -0.2) is 11.9 Å². The van der Waals surface area contributed by atoms with Crippen LogP contribution in [0.25, 0.3) is 0 Å². The predicted molar refractivity (Wildman–Crippen MR) is 77.6 cm³/mol. The fraction of sp³-hybridized carbons (Fsp3) is 0.938. The first-order chi connectivity index (χ1) is 8.77. The van der Waals surface area contributed by atoms with Crippen molar-refractivity contribution in [3.05, 3.63) is 0 Å². The van der Waals surface area contributed by atoms with Crippen molar-refractivity contribution in [3.63, 3.8) is 0 Å². The van der Waals surface area contributed by atoms with E-state index in [1.807, 2.05) is 0 Å². The summed E-state index contributed by atoms with van der Waals surface area (Å²) in [5, 5.41) is 3.24. The Morgan fingerprint density at radius 3 is 2.39 bits per heavy atom. The number of unbranched alkanes of at least 4 members (excludes halogenated alkanes) is 4. The molecule has 2 nitrogen and oxygen atoms in total. The van der Waals surface area contributed by atoms with E-state index in [9.17, 15) is 4.79 Å². The minimum atomic E-state index is 0.257. The topological polar surface area (TPSA) is 29.1 Å². The van der Waals surface area contributed by atoms with Crippen LogP contribution in [0.3, 0.4) is 0 Å². The molecule has 1 unspecified atom stereocenters. The van der Waals surface area contributed by atoms with Gasteiger partial charge >= 0.3 is 0 Å². The normalized spacial score (nSPS) is 17.9. The fourth-order valence-corrected chi connectivity index (χ4v) is 2.90. The van der Waals surface area contributed by atoms with Crippen molar-refractivity contribution in [2.75, 3.05) is 0 Å². The monoisotopic (exact) mass is 253 g/mol. The number of carbonyl (C=O) groups is 1. The lowest BCUT2D eigenvalue weighted by Crippen LogP contribution is -2.37. The maximum Gasteiger partial charge on any atom is 0.223 e. The van der Waals surface area contributed by atoms with Crippen molar-refractivity contribution in [1.29, 1.82) is 0 Å². The van der Waals surface area contributed by atoms with E-state index >= 15 is 0 Å². The highest BCUT2D eigenvalue weighted by atomic mass is 16.1. The molecular weight excluding hydrogens is 222 g/mol. The van der Waals surface area contributed by atoms with Crippen molar-refractivity contribution in [3.8, 4) is 0 Å².